The first-order chi connectivity index (χ1) is 7.56. The molecule has 1 aromatic rings. The summed E-state index contributed by atoms with van der Waals surface area (Å²) in [6, 6.07) is 8.84. The lowest BCUT2D eigenvalue weighted by atomic mass is 10.2. The van der Waals surface area contributed by atoms with E-state index in [0.717, 1.165) is 10.8 Å². The Hall–Kier alpha value is -1.96. The minimum absolute atomic E-state index is 0.131. The summed E-state index contributed by atoms with van der Waals surface area (Å²) >= 11 is 0. The molecule has 0 heterocycles. The van der Waals surface area contributed by atoms with Crippen molar-refractivity contribution < 1.29 is 9.84 Å². The molecule has 1 rings (SSSR count). The van der Waals surface area contributed by atoms with Gasteiger partial charge < -0.3 is 9.84 Å². The summed E-state index contributed by atoms with van der Waals surface area (Å²) in [5.74, 6) is 0.789. The molecule has 0 spiro atoms. The fourth-order valence-corrected chi connectivity index (χ4v) is 1.41. The maximum absolute atomic E-state index is 9.74. The van der Waals surface area contributed by atoms with E-state index in [1.807, 2.05) is 19.1 Å². The van der Waals surface area contributed by atoms with Crippen LogP contribution in [-0.2, 0) is 0 Å². The first kappa shape index (κ1) is 12.1. The van der Waals surface area contributed by atoms with Gasteiger partial charge in [-0.05, 0) is 18.6 Å². The molecule has 0 aliphatic rings. The Morgan fingerprint density at radius 3 is 2.25 bits per heavy atom. The molecule has 0 bridgehead atoms. The molecule has 84 valence electrons. The lowest BCUT2D eigenvalue weighted by Gasteiger charge is -2.01. The van der Waals surface area contributed by atoms with Crippen molar-refractivity contribution in [1.82, 2.24) is 0 Å². The van der Waals surface area contributed by atoms with E-state index >= 15 is 0 Å². The standard InChI is InChI=1S/C14H16O2/c1-10-7-5-6-8-11(2)14(16-4)12(3)9-13(10)15/h5-9,15H,1-2H2,3-4H3. The Labute approximate surface area is 95.5 Å². The maximum atomic E-state index is 9.74. The van der Waals surface area contributed by atoms with Gasteiger partial charge in [0.2, 0.25) is 0 Å². The van der Waals surface area contributed by atoms with Gasteiger partial charge in [-0.3, -0.25) is 0 Å². The van der Waals surface area contributed by atoms with E-state index in [1.165, 1.54) is 0 Å². The predicted molar refractivity (Wildman–Crippen MR) is 67.3 cm³/mol. The van der Waals surface area contributed by atoms with Crippen molar-refractivity contribution in [2.75, 3.05) is 7.11 Å². The minimum atomic E-state index is 0.131. The molecule has 0 saturated carbocycles. The Bertz CT molecular complexity index is 531. The van der Waals surface area contributed by atoms with Gasteiger partial charge in [0.1, 0.15) is 11.5 Å². The zero-order chi connectivity index (χ0) is 12.1. The second-order valence-corrected chi connectivity index (χ2v) is 3.51. The Morgan fingerprint density at radius 1 is 1.12 bits per heavy atom. The smallest absolute Gasteiger partial charge is 0.128 e. The Balaban J connectivity index is 3.76. The van der Waals surface area contributed by atoms with Crippen molar-refractivity contribution in [3.05, 3.63) is 46.3 Å². The van der Waals surface area contributed by atoms with Crippen LogP contribution in [0.2, 0.25) is 0 Å². The Morgan fingerprint density at radius 2 is 1.69 bits per heavy atom. The molecule has 1 aromatic carbocycles. The number of aryl methyl sites for hydroxylation is 1. The van der Waals surface area contributed by atoms with Crippen LogP contribution in [0.1, 0.15) is 5.56 Å². The van der Waals surface area contributed by atoms with Gasteiger partial charge in [-0.1, -0.05) is 37.4 Å². The lowest BCUT2D eigenvalue weighted by molar-refractivity contribution is 0.408. The first-order valence-electron chi connectivity index (χ1n) is 4.95. The van der Waals surface area contributed by atoms with Crippen molar-refractivity contribution in [3.63, 3.8) is 0 Å². The van der Waals surface area contributed by atoms with E-state index in [4.69, 9.17) is 4.74 Å². The lowest BCUT2D eigenvalue weighted by Crippen LogP contribution is -2.03. The van der Waals surface area contributed by atoms with E-state index in [9.17, 15) is 5.11 Å². The maximum Gasteiger partial charge on any atom is 0.128 e. The predicted octanol–water partition coefficient (Wildman–Crippen LogP) is 1.65. The molecule has 0 aliphatic carbocycles. The molecule has 1 N–H and O–H groups in total. The third-order valence-electron chi connectivity index (χ3n) is 2.24. The molecule has 0 amide bonds. The van der Waals surface area contributed by atoms with Gasteiger partial charge in [0, 0.05) is 10.4 Å². The normalized spacial score (nSPS) is 9.38. The van der Waals surface area contributed by atoms with E-state index in [2.05, 4.69) is 13.2 Å². The molecule has 0 radical (unpaired) electrons. The summed E-state index contributed by atoms with van der Waals surface area (Å²) in [5.41, 5.74) is 0.811. The highest BCUT2D eigenvalue weighted by Crippen LogP contribution is 2.10. The number of rotatable bonds is 1. The molecule has 0 aromatic heterocycles. The number of aromatic hydroxyl groups is 1. The van der Waals surface area contributed by atoms with Crippen LogP contribution < -0.4 is 15.2 Å². The van der Waals surface area contributed by atoms with Crippen LogP contribution in [0.4, 0.5) is 0 Å². The largest absolute Gasteiger partial charge is 0.507 e. The summed E-state index contributed by atoms with van der Waals surface area (Å²) in [4.78, 5) is 0. The van der Waals surface area contributed by atoms with Crippen LogP contribution in [0.25, 0.3) is 13.2 Å². The average Bonchev–Trinajstić information content (AvgIpc) is 2.23. The van der Waals surface area contributed by atoms with Gasteiger partial charge in [0.05, 0.1) is 7.11 Å². The van der Waals surface area contributed by atoms with Crippen LogP contribution in [0.15, 0.2) is 30.3 Å². The van der Waals surface area contributed by atoms with Crippen LogP contribution in [0, 0.1) is 6.92 Å². The van der Waals surface area contributed by atoms with E-state index in [-0.39, 0.29) is 5.75 Å². The number of hydrogen-bond donors (Lipinski definition) is 1. The van der Waals surface area contributed by atoms with Crippen LogP contribution >= 0.6 is 0 Å². The summed E-state index contributed by atoms with van der Waals surface area (Å²) in [6.07, 6.45) is 0. The number of methoxy groups -OCH3 is 1. The van der Waals surface area contributed by atoms with Crippen molar-refractivity contribution >= 4 is 13.2 Å². The van der Waals surface area contributed by atoms with Gasteiger partial charge in [0.15, 0.2) is 0 Å². The molecule has 0 fully saturated rings. The molecule has 16 heavy (non-hydrogen) atoms. The summed E-state index contributed by atoms with van der Waals surface area (Å²) < 4.78 is 5.25. The van der Waals surface area contributed by atoms with Crippen molar-refractivity contribution in [2.45, 2.75) is 6.92 Å². The molecule has 2 nitrogen and oxygen atoms in total. The molecular weight excluding hydrogens is 200 g/mol. The van der Waals surface area contributed by atoms with Crippen molar-refractivity contribution in [1.29, 1.82) is 0 Å². The molecule has 0 atom stereocenters. The second-order valence-electron chi connectivity index (χ2n) is 3.51. The summed E-state index contributed by atoms with van der Waals surface area (Å²) in [5, 5.41) is 11.1. The fourth-order valence-electron chi connectivity index (χ4n) is 1.41. The molecule has 0 unspecified atom stereocenters. The minimum Gasteiger partial charge on any atom is -0.507 e. The van der Waals surface area contributed by atoms with Crippen molar-refractivity contribution in [3.8, 4) is 11.5 Å². The topological polar surface area (TPSA) is 29.5 Å². The molecule has 0 saturated heterocycles. The molecule has 0 aliphatic heterocycles. The molecular formula is C14H16O2. The highest BCUT2D eigenvalue weighted by atomic mass is 16.5. The summed E-state index contributed by atoms with van der Waals surface area (Å²) in [7, 11) is 1.58. The van der Waals surface area contributed by atoms with Crippen molar-refractivity contribution in [2.24, 2.45) is 0 Å². The SMILES string of the molecule is C=c1ccccc(=C)c(OC)c(C)cc1O. The number of ether oxygens (including phenoxy) is 1. The van der Waals surface area contributed by atoms with Gasteiger partial charge in [-0.15, -0.1) is 0 Å². The summed E-state index contributed by atoms with van der Waals surface area (Å²) in [6.45, 7) is 9.50. The Kier molecular flexibility index (Phi) is 3.95. The van der Waals surface area contributed by atoms with Crippen LogP contribution in [-0.4, -0.2) is 12.2 Å². The third-order valence-corrected chi connectivity index (χ3v) is 2.24. The number of hydrogen-bond acceptors (Lipinski definition) is 2. The molecule has 2 heteroatoms. The van der Waals surface area contributed by atoms with Gasteiger partial charge >= 0.3 is 0 Å². The fraction of sp³-hybridized carbons (Fsp3) is 0.143. The highest BCUT2D eigenvalue weighted by molar-refractivity contribution is 5.37. The zero-order valence-electron chi connectivity index (χ0n) is 9.66. The van der Waals surface area contributed by atoms with Crippen LogP contribution in [0.3, 0.4) is 0 Å². The third kappa shape index (κ3) is 2.76. The van der Waals surface area contributed by atoms with E-state index in [1.54, 1.807) is 25.3 Å². The highest BCUT2D eigenvalue weighted by Gasteiger charge is 1.95. The van der Waals surface area contributed by atoms with Crippen LogP contribution in [0.5, 0.6) is 11.5 Å². The average molecular weight is 216 g/mol. The quantitative estimate of drug-likeness (QED) is 0.773. The second kappa shape index (κ2) is 5.21. The first-order valence-corrected chi connectivity index (χ1v) is 4.95. The van der Waals surface area contributed by atoms with E-state index < -0.39 is 0 Å². The van der Waals surface area contributed by atoms with Gasteiger partial charge in [-0.25, -0.2) is 0 Å². The van der Waals surface area contributed by atoms with Gasteiger partial charge in [0.25, 0.3) is 0 Å². The van der Waals surface area contributed by atoms with Gasteiger partial charge in [-0.2, -0.15) is 0 Å². The van der Waals surface area contributed by atoms with E-state index in [0.29, 0.717) is 11.0 Å². The monoisotopic (exact) mass is 216 g/mol. The zero-order valence-corrected chi connectivity index (χ0v) is 9.66.